The van der Waals surface area contributed by atoms with Gasteiger partial charge in [0.25, 0.3) is 0 Å². The summed E-state index contributed by atoms with van der Waals surface area (Å²) in [5, 5.41) is 9.38. The average molecular weight is 99.1 g/mol. The topological polar surface area (TPSA) is 23.5 Å². The number of hydrogen-bond acceptors (Lipinski definition) is 2. The fourth-order valence-corrected chi connectivity index (χ4v) is 0.214. The van der Waals surface area contributed by atoms with E-state index in [0.29, 0.717) is 0 Å². The van der Waals surface area contributed by atoms with Gasteiger partial charge < -0.3 is 0 Å². The van der Waals surface area contributed by atoms with Crippen LogP contribution in [0.25, 0.3) is 0 Å². The van der Waals surface area contributed by atoms with Crippen molar-refractivity contribution in [2.45, 2.75) is 6.92 Å². The van der Waals surface area contributed by atoms with E-state index >= 15 is 0 Å². The Morgan fingerprint density at radius 3 is 2.43 bits per heavy atom. The van der Waals surface area contributed by atoms with E-state index in [2.05, 4.69) is 6.58 Å². The fraction of sp³-hybridized carbons (Fsp3) is 0.200. The SMILES string of the molecule is C=CN(O)/C=C\C. The zero-order valence-electron chi connectivity index (χ0n) is 4.33. The third kappa shape index (κ3) is 3.06. The van der Waals surface area contributed by atoms with Crippen LogP contribution < -0.4 is 0 Å². The van der Waals surface area contributed by atoms with Crippen molar-refractivity contribution < 1.29 is 5.21 Å². The molecule has 0 atom stereocenters. The Labute approximate surface area is 43.3 Å². The van der Waals surface area contributed by atoms with E-state index in [9.17, 15) is 0 Å². The number of allylic oxidation sites excluding steroid dienone is 1. The first-order valence-corrected chi connectivity index (χ1v) is 2.04. The summed E-state index contributed by atoms with van der Waals surface area (Å²) in [7, 11) is 0. The molecule has 1 N–H and O–H groups in total. The highest BCUT2D eigenvalue weighted by Crippen LogP contribution is 1.79. The van der Waals surface area contributed by atoms with Crippen molar-refractivity contribution in [2.24, 2.45) is 0 Å². The molecule has 0 rings (SSSR count). The molecular formula is C5H9NO. The van der Waals surface area contributed by atoms with Gasteiger partial charge in [0.2, 0.25) is 0 Å². The summed E-state index contributed by atoms with van der Waals surface area (Å²) >= 11 is 0. The molecule has 0 aromatic heterocycles. The maximum absolute atomic E-state index is 8.49. The van der Waals surface area contributed by atoms with Crippen LogP contribution >= 0.6 is 0 Å². The maximum atomic E-state index is 8.49. The van der Waals surface area contributed by atoms with Crippen molar-refractivity contribution in [3.05, 3.63) is 25.1 Å². The molecule has 0 fully saturated rings. The molecule has 0 aliphatic heterocycles. The minimum atomic E-state index is 0.889. The number of nitrogens with zero attached hydrogens (tertiary/aromatic N) is 1. The van der Waals surface area contributed by atoms with Gasteiger partial charge in [0, 0.05) is 12.4 Å². The van der Waals surface area contributed by atoms with Gasteiger partial charge in [-0.1, -0.05) is 12.7 Å². The molecule has 0 bridgehead atoms. The summed E-state index contributed by atoms with van der Waals surface area (Å²) in [5.74, 6) is 0. The van der Waals surface area contributed by atoms with E-state index in [1.165, 1.54) is 12.4 Å². The van der Waals surface area contributed by atoms with E-state index in [4.69, 9.17) is 5.21 Å². The minimum absolute atomic E-state index is 0.889. The first-order chi connectivity index (χ1) is 3.31. The third-order valence-corrected chi connectivity index (χ3v) is 0.489. The normalized spacial score (nSPS) is 9.43. The van der Waals surface area contributed by atoms with Gasteiger partial charge in [-0.15, -0.1) is 0 Å². The second-order valence-corrected chi connectivity index (χ2v) is 1.04. The number of hydroxylamine groups is 2. The lowest BCUT2D eigenvalue weighted by Gasteiger charge is -1.99. The lowest BCUT2D eigenvalue weighted by molar-refractivity contribution is 0.0118. The molecule has 0 heterocycles. The van der Waals surface area contributed by atoms with Crippen LogP contribution in [0.1, 0.15) is 6.92 Å². The predicted molar refractivity (Wildman–Crippen MR) is 28.6 cm³/mol. The summed E-state index contributed by atoms with van der Waals surface area (Å²) < 4.78 is 0. The van der Waals surface area contributed by atoms with Crippen molar-refractivity contribution in [3.63, 3.8) is 0 Å². The summed E-state index contributed by atoms with van der Waals surface area (Å²) in [5.41, 5.74) is 0. The van der Waals surface area contributed by atoms with Gasteiger partial charge in [-0.05, 0) is 6.92 Å². The Morgan fingerprint density at radius 2 is 2.29 bits per heavy atom. The first kappa shape index (κ1) is 6.24. The molecule has 0 amide bonds. The number of rotatable bonds is 2. The van der Waals surface area contributed by atoms with Gasteiger partial charge >= 0.3 is 0 Å². The second-order valence-electron chi connectivity index (χ2n) is 1.04. The highest BCUT2D eigenvalue weighted by molar-refractivity contribution is 4.78. The van der Waals surface area contributed by atoms with Crippen LogP contribution in [0.5, 0.6) is 0 Å². The fourth-order valence-electron chi connectivity index (χ4n) is 0.214. The Hall–Kier alpha value is -0.760. The van der Waals surface area contributed by atoms with Crippen LogP contribution in [-0.4, -0.2) is 10.3 Å². The molecule has 2 nitrogen and oxygen atoms in total. The van der Waals surface area contributed by atoms with Gasteiger partial charge in [-0.2, -0.15) is 0 Å². The maximum Gasteiger partial charge on any atom is 0.0281 e. The Bertz CT molecular complexity index is 78.1. The van der Waals surface area contributed by atoms with Crippen molar-refractivity contribution in [1.82, 2.24) is 5.06 Å². The Kier molecular flexibility index (Phi) is 3.06. The van der Waals surface area contributed by atoms with Crippen molar-refractivity contribution in [2.75, 3.05) is 0 Å². The molecule has 40 valence electrons. The quantitative estimate of drug-likeness (QED) is 0.528. The van der Waals surface area contributed by atoms with Crippen molar-refractivity contribution >= 4 is 0 Å². The van der Waals surface area contributed by atoms with Gasteiger partial charge in [0.1, 0.15) is 0 Å². The molecule has 0 unspecified atom stereocenters. The lowest BCUT2D eigenvalue weighted by atomic mass is 10.7. The van der Waals surface area contributed by atoms with E-state index in [1.54, 1.807) is 6.08 Å². The van der Waals surface area contributed by atoms with E-state index < -0.39 is 0 Å². The molecule has 2 heteroatoms. The third-order valence-electron chi connectivity index (χ3n) is 0.489. The minimum Gasteiger partial charge on any atom is -0.285 e. The monoisotopic (exact) mass is 99.1 g/mol. The molecule has 0 saturated heterocycles. The molecule has 0 saturated carbocycles. The van der Waals surface area contributed by atoms with Crippen molar-refractivity contribution in [1.29, 1.82) is 0 Å². The molecule has 0 aliphatic carbocycles. The summed E-state index contributed by atoms with van der Waals surface area (Å²) in [4.78, 5) is 0. The molecule has 0 spiro atoms. The van der Waals surface area contributed by atoms with Crippen LogP contribution in [0.3, 0.4) is 0 Å². The van der Waals surface area contributed by atoms with E-state index in [1.807, 2.05) is 6.92 Å². The highest BCUT2D eigenvalue weighted by Gasteiger charge is 1.73. The highest BCUT2D eigenvalue weighted by atomic mass is 16.5. The van der Waals surface area contributed by atoms with Crippen LogP contribution in [0.2, 0.25) is 0 Å². The molecule has 0 aromatic rings. The van der Waals surface area contributed by atoms with Crippen LogP contribution in [0.15, 0.2) is 25.1 Å². The molecule has 0 radical (unpaired) electrons. The average Bonchev–Trinajstić information content (AvgIpc) is 1.68. The largest absolute Gasteiger partial charge is 0.285 e. The predicted octanol–water partition coefficient (Wildman–Crippen LogP) is 1.35. The van der Waals surface area contributed by atoms with Gasteiger partial charge in [0.15, 0.2) is 0 Å². The standard InChI is InChI=1S/C5H9NO/c1-3-5-6(7)4-2/h3-5,7H,2H2,1H3/b5-3-. The molecule has 0 aliphatic rings. The lowest BCUT2D eigenvalue weighted by Crippen LogP contribution is -1.98. The van der Waals surface area contributed by atoms with Crippen molar-refractivity contribution in [3.8, 4) is 0 Å². The molecule has 7 heavy (non-hydrogen) atoms. The van der Waals surface area contributed by atoms with Gasteiger partial charge in [-0.3, -0.25) is 5.21 Å². The Morgan fingerprint density at radius 1 is 1.71 bits per heavy atom. The van der Waals surface area contributed by atoms with Crippen LogP contribution in [0, 0.1) is 0 Å². The zero-order valence-corrected chi connectivity index (χ0v) is 4.33. The van der Waals surface area contributed by atoms with E-state index in [0.717, 1.165) is 5.06 Å². The van der Waals surface area contributed by atoms with E-state index in [-0.39, 0.29) is 0 Å². The summed E-state index contributed by atoms with van der Waals surface area (Å²) in [6.45, 7) is 5.12. The molecular weight excluding hydrogens is 90.1 g/mol. The van der Waals surface area contributed by atoms with Gasteiger partial charge in [-0.25, -0.2) is 5.06 Å². The first-order valence-electron chi connectivity index (χ1n) is 2.04. The summed E-state index contributed by atoms with van der Waals surface area (Å²) in [6, 6.07) is 0. The van der Waals surface area contributed by atoms with Crippen LogP contribution in [0.4, 0.5) is 0 Å². The van der Waals surface area contributed by atoms with Gasteiger partial charge in [0.05, 0.1) is 0 Å². The Balaban J connectivity index is 3.35. The second kappa shape index (κ2) is 3.43. The summed E-state index contributed by atoms with van der Waals surface area (Å²) in [6.07, 6.45) is 4.51. The molecule has 0 aromatic carbocycles. The zero-order chi connectivity index (χ0) is 5.70. The smallest absolute Gasteiger partial charge is 0.0281 e. The van der Waals surface area contributed by atoms with Crippen LogP contribution in [-0.2, 0) is 0 Å². The number of hydrogen-bond donors (Lipinski definition) is 1.